The SMILES string of the molecule is CC(=O)c1ccc(Cl)cc1-c1cc(=O)n(C(C)Cc2ccccc2)cc1OC(O)(O)O. The number of Topliss-reactive ketones (excluding diaryl/α,β-unsaturated/α-hetero) is 1. The lowest BCUT2D eigenvalue weighted by Gasteiger charge is -2.22. The fraction of sp³-hybridized carbons (Fsp3) is 0.217. The smallest absolute Gasteiger partial charge is 0.415 e. The van der Waals surface area contributed by atoms with Gasteiger partial charge in [0.25, 0.3) is 5.56 Å². The second-order valence-electron chi connectivity index (χ2n) is 7.26. The van der Waals surface area contributed by atoms with Crippen molar-refractivity contribution < 1.29 is 24.9 Å². The molecule has 2 aromatic carbocycles. The molecule has 0 aliphatic rings. The summed E-state index contributed by atoms with van der Waals surface area (Å²) in [5.74, 6) is -0.501. The van der Waals surface area contributed by atoms with Crippen LogP contribution in [0.5, 0.6) is 5.75 Å². The number of ketones is 1. The number of pyridine rings is 1. The summed E-state index contributed by atoms with van der Waals surface area (Å²) in [4.78, 5) is 25.0. The zero-order valence-corrected chi connectivity index (χ0v) is 17.7. The first-order valence-electron chi connectivity index (χ1n) is 9.52. The van der Waals surface area contributed by atoms with Gasteiger partial charge in [0.2, 0.25) is 0 Å². The van der Waals surface area contributed by atoms with Gasteiger partial charge < -0.3 is 24.6 Å². The molecule has 0 aliphatic heterocycles. The summed E-state index contributed by atoms with van der Waals surface area (Å²) < 4.78 is 6.27. The summed E-state index contributed by atoms with van der Waals surface area (Å²) in [6.07, 6.45) is -1.69. The quantitative estimate of drug-likeness (QED) is 0.382. The van der Waals surface area contributed by atoms with Gasteiger partial charge in [-0.15, -0.1) is 0 Å². The van der Waals surface area contributed by atoms with Crippen LogP contribution in [-0.2, 0) is 6.42 Å². The van der Waals surface area contributed by atoms with E-state index in [1.165, 1.54) is 42.0 Å². The highest BCUT2D eigenvalue weighted by molar-refractivity contribution is 6.31. The first-order valence-corrected chi connectivity index (χ1v) is 9.90. The predicted octanol–water partition coefficient (Wildman–Crippen LogP) is 3.14. The lowest BCUT2D eigenvalue weighted by atomic mass is 9.97. The fourth-order valence-electron chi connectivity index (χ4n) is 3.41. The van der Waals surface area contributed by atoms with Crippen molar-refractivity contribution in [2.45, 2.75) is 32.5 Å². The number of benzene rings is 2. The van der Waals surface area contributed by atoms with E-state index in [0.717, 1.165) is 5.56 Å². The Morgan fingerprint density at radius 1 is 1.10 bits per heavy atom. The normalized spacial score (nSPS) is 12.5. The number of hydrogen-bond donors (Lipinski definition) is 3. The van der Waals surface area contributed by atoms with Gasteiger partial charge in [-0.25, -0.2) is 0 Å². The first-order chi connectivity index (χ1) is 14.5. The molecule has 7 nitrogen and oxygen atoms in total. The molecule has 0 spiro atoms. The van der Waals surface area contributed by atoms with E-state index in [9.17, 15) is 24.9 Å². The van der Waals surface area contributed by atoms with Crippen molar-refractivity contribution >= 4 is 17.4 Å². The number of rotatable bonds is 7. The zero-order chi connectivity index (χ0) is 22.8. The molecule has 1 heterocycles. The molecule has 3 aromatic rings. The molecule has 31 heavy (non-hydrogen) atoms. The molecule has 0 radical (unpaired) electrons. The third-order valence-electron chi connectivity index (χ3n) is 4.79. The molecule has 3 rings (SSSR count). The minimum atomic E-state index is -3.49. The second-order valence-corrected chi connectivity index (χ2v) is 7.69. The number of ether oxygens (including phenoxy) is 1. The predicted molar refractivity (Wildman–Crippen MR) is 116 cm³/mol. The van der Waals surface area contributed by atoms with Gasteiger partial charge in [0.15, 0.2) is 11.5 Å². The summed E-state index contributed by atoms with van der Waals surface area (Å²) in [6, 6.07) is 14.9. The molecule has 1 unspecified atom stereocenters. The van der Waals surface area contributed by atoms with Crippen molar-refractivity contribution in [1.82, 2.24) is 4.57 Å². The number of carbonyl (C=O) groups is 1. The molecule has 0 saturated heterocycles. The summed E-state index contributed by atoms with van der Waals surface area (Å²) in [6.45, 7) is 3.17. The average Bonchev–Trinajstić information content (AvgIpc) is 2.68. The molecule has 8 heteroatoms. The van der Waals surface area contributed by atoms with Crippen LogP contribution in [0.4, 0.5) is 0 Å². The molecule has 0 saturated carbocycles. The molecule has 0 amide bonds. The van der Waals surface area contributed by atoms with E-state index in [1.54, 1.807) is 0 Å². The molecule has 0 aliphatic carbocycles. The van der Waals surface area contributed by atoms with Crippen LogP contribution < -0.4 is 10.3 Å². The second kappa shape index (κ2) is 9.03. The van der Waals surface area contributed by atoms with Gasteiger partial charge in [0.05, 0.1) is 6.20 Å². The van der Waals surface area contributed by atoms with Crippen molar-refractivity contribution in [3.8, 4) is 16.9 Å². The first kappa shape index (κ1) is 22.7. The van der Waals surface area contributed by atoms with Crippen LogP contribution in [0.15, 0.2) is 65.6 Å². The number of aromatic nitrogens is 1. The molecular weight excluding hydrogens is 422 g/mol. The maximum atomic E-state index is 12.9. The van der Waals surface area contributed by atoms with E-state index in [0.29, 0.717) is 11.4 Å². The van der Waals surface area contributed by atoms with Crippen LogP contribution in [-0.4, -0.2) is 31.8 Å². The topological polar surface area (TPSA) is 109 Å². The number of hydrogen-bond acceptors (Lipinski definition) is 6. The molecule has 162 valence electrons. The minimum Gasteiger partial charge on any atom is -0.415 e. The highest BCUT2D eigenvalue weighted by Gasteiger charge is 2.26. The number of halogens is 1. The Labute approximate surface area is 183 Å². The third kappa shape index (κ3) is 5.59. The van der Waals surface area contributed by atoms with Gasteiger partial charge in [-0.1, -0.05) is 41.9 Å². The summed E-state index contributed by atoms with van der Waals surface area (Å²) in [5.41, 5.74) is 1.20. The molecular formula is C23H22ClNO6. The molecule has 1 atom stereocenters. The summed E-state index contributed by atoms with van der Waals surface area (Å²) in [7, 11) is 0. The Morgan fingerprint density at radius 3 is 2.39 bits per heavy atom. The van der Waals surface area contributed by atoms with E-state index >= 15 is 0 Å². The van der Waals surface area contributed by atoms with Gasteiger partial charge in [-0.05, 0) is 49.6 Å². The van der Waals surface area contributed by atoms with Crippen LogP contribution in [0.1, 0.15) is 35.8 Å². The zero-order valence-electron chi connectivity index (χ0n) is 16.9. The Hall–Kier alpha value is -2.97. The lowest BCUT2D eigenvalue weighted by molar-refractivity contribution is -0.419. The third-order valence-corrected chi connectivity index (χ3v) is 5.03. The molecule has 0 fully saturated rings. The van der Waals surface area contributed by atoms with Crippen LogP contribution in [0.2, 0.25) is 5.02 Å². The van der Waals surface area contributed by atoms with Crippen molar-refractivity contribution in [2.24, 2.45) is 0 Å². The van der Waals surface area contributed by atoms with Crippen molar-refractivity contribution in [2.75, 3.05) is 0 Å². The van der Waals surface area contributed by atoms with Crippen LogP contribution >= 0.6 is 11.6 Å². The largest absolute Gasteiger partial charge is 0.453 e. The average molecular weight is 444 g/mol. The van der Waals surface area contributed by atoms with E-state index in [4.69, 9.17) is 16.3 Å². The molecule has 0 bridgehead atoms. The van der Waals surface area contributed by atoms with Crippen molar-refractivity contribution in [3.05, 3.63) is 87.3 Å². The minimum absolute atomic E-state index is 0.0855. The van der Waals surface area contributed by atoms with Crippen LogP contribution in [0.25, 0.3) is 11.1 Å². The van der Waals surface area contributed by atoms with Gasteiger partial charge in [0.1, 0.15) is 0 Å². The Morgan fingerprint density at radius 2 is 1.77 bits per heavy atom. The Bertz CT molecular complexity index is 1150. The molecule has 3 N–H and O–H groups in total. The van der Waals surface area contributed by atoms with Gasteiger partial charge >= 0.3 is 6.16 Å². The molecule has 1 aromatic heterocycles. The maximum Gasteiger partial charge on any atom is 0.453 e. The number of carbonyl (C=O) groups excluding carboxylic acids is 1. The highest BCUT2D eigenvalue weighted by Crippen LogP contribution is 2.35. The highest BCUT2D eigenvalue weighted by atomic mass is 35.5. The van der Waals surface area contributed by atoms with E-state index in [2.05, 4.69) is 0 Å². The van der Waals surface area contributed by atoms with E-state index in [1.807, 2.05) is 37.3 Å². The van der Waals surface area contributed by atoms with E-state index < -0.39 is 11.7 Å². The summed E-state index contributed by atoms with van der Waals surface area (Å²) >= 11 is 6.09. The maximum absolute atomic E-state index is 12.9. The van der Waals surface area contributed by atoms with Crippen molar-refractivity contribution in [3.63, 3.8) is 0 Å². The monoisotopic (exact) mass is 443 g/mol. The summed E-state index contributed by atoms with van der Waals surface area (Å²) in [5, 5.41) is 28.6. The van der Waals surface area contributed by atoms with Crippen LogP contribution in [0.3, 0.4) is 0 Å². The fourth-order valence-corrected chi connectivity index (χ4v) is 3.58. The number of aliphatic hydroxyl groups is 3. The van der Waals surface area contributed by atoms with Crippen LogP contribution in [0, 0.1) is 0 Å². The van der Waals surface area contributed by atoms with Gasteiger partial charge in [-0.3, -0.25) is 9.59 Å². The van der Waals surface area contributed by atoms with Gasteiger partial charge in [0, 0.05) is 28.3 Å². The van der Waals surface area contributed by atoms with Gasteiger partial charge in [-0.2, -0.15) is 0 Å². The standard InChI is InChI=1S/C23H22ClNO6/c1-14(10-16-6-4-3-5-7-16)25-13-21(31-23(28,29)30)20(12-22(25)27)19-11-17(24)8-9-18(19)15(2)26/h3-9,11-14,28-30H,10H2,1-2H3. The van der Waals surface area contributed by atoms with Crippen molar-refractivity contribution in [1.29, 1.82) is 0 Å². The number of nitrogens with zero attached hydrogens (tertiary/aromatic N) is 1. The van der Waals surface area contributed by atoms with E-state index in [-0.39, 0.29) is 34.3 Å². The Balaban J connectivity index is 2.15. The Kier molecular flexibility index (Phi) is 6.62. The lowest BCUT2D eigenvalue weighted by Crippen LogP contribution is -2.35.